The third kappa shape index (κ3) is 3.24. The number of nitrogens with zero attached hydrogens (tertiary/aromatic N) is 2. The third-order valence-electron chi connectivity index (χ3n) is 2.33. The van der Waals surface area contributed by atoms with Crippen LogP contribution < -0.4 is 4.74 Å². The van der Waals surface area contributed by atoms with Gasteiger partial charge in [-0.25, -0.2) is 9.07 Å². The average molecular weight is 274 g/mol. The van der Waals surface area contributed by atoms with Crippen molar-refractivity contribution in [1.82, 2.24) is 9.78 Å². The molecule has 1 aromatic carbocycles. The normalized spacial score (nSPS) is 11.6. The molecule has 0 amide bonds. The first kappa shape index (κ1) is 13.4. The van der Waals surface area contributed by atoms with Crippen LogP contribution in [0.5, 0.6) is 5.88 Å². The lowest BCUT2D eigenvalue weighted by atomic mass is 10.3. The molecule has 0 unspecified atom stereocenters. The van der Waals surface area contributed by atoms with Gasteiger partial charge in [0.2, 0.25) is 5.88 Å². The van der Waals surface area contributed by atoms with E-state index in [-0.39, 0.29) is 11.6 Å². The molecule has 2 rings (SSSR count). The fourth-order valence-corrected chi connectivity index (χ4v) is 1.54. The first-order valence-electron chi connectivity index (χ1n) is 5.38. The van der Waals surface area contributed by atoms with Crippen molar-refractivity contribution in [1.29, 1.82) is 0 Å². The first-order chi connectivity index (χ1) is 8.87. The van der Waals surface area contributed by atoms with Crippen molar-refractivity contribution in [3.8, 4) is 11.6 Å². The Morgan fingerprint density at radius 1 is 1.26 bits per heavy atom. The number of aromatic nitrogens is 2. The maximum Gasteiger partial charge on any atom is 0.422 e. The van der Waals surface area contributed by atoms with E-state index < -0.39 is 18.6 Å². The largest absolute Gasteiger partial charge is 0.467 e. The van der Waals surface area contributed by atoms with Crippen molar-refractivity contribution in [2.24, 2.45) is 0 Å². The van der Waals surface area contributed by atoms with Gasteiger partial charge >= 0.3 is 6.18 Å². The molecule has 0 bridgehead atoms. The maximum atomic E-state index is 13.6. The van der Waals surface area contributed by atoms with E-state index >= 15 is 0 Å². The molecule has 0 saturated carbocycles. The fraction of sp³-hybridized carbons (Fsp3) is 0.250. The summed E-state index contributed by atoms with van der Waals surface area (Å²) in [6, 6.07) is 7.16. The predicted octanol–water partition coefficient (Wildman–Crippen LogP) is 3.26. The number of rotatable bonds is 3. The van der Waals surface area contributed by atoms with Crippen LogP contribution in [0.2, 0.25) is 0 Å². The van der Waals surface area contributed by atoms with Crippen LogP contribution in [0.4, 0.5) is 17.6 Å². The summed E-state index contributed by atoms with van der Waals surface area (Å²) in [4.78, 5) is 0. The van der Waals surface area contributed by atoms with E-state index in [1.165, 1.54) is 28.9 Å². The van der Waals surface area contributed by atoms with Gasteiger partial charge in [-0.15, -0.1) is 5.10 Å². The SMILES string of the molecule is Cc1cc(OCC(F)(F)F)nn1-c1ccccc1F. The third-order valence-corrected chi connectivity index (χ3v) is 2.33. The lowest BCUT2D eigenvalue weighted by Crippen LogP contribution is -2.19. The Kier molecular flexibility index (Phi) is 3.46. The summed E-state index contributed by atoms with van der Waals surface area (Å²) in [7, 11) is 0. The lowest BCUT2D eigenvalue weighted by Gasteiger charge is -2.06. The minimum Gasteiger partial charge on any atom is -0.467 e. The number of benzene rings is 1. The van der Waals surface area contributed by atoms with E-state index in [4.69, 9.17) is 0 Å². The number of hydrogen-bond acceptors (Lipinski definition) is 2. The highest BCUT2D eigenvalue weighted by Gasteiger charge is 2.29. The zero-order valence-corrected chi connectivity index (χ0v) is 9.91. The summed E-state index contributed by atoms with van der Waals surface area (Å²) in [6.45, 7) is 0.167. The molecule has 7 heteroatoms. The number of hydrogen-bond donors (Lipinski definition) is 0. The predicted molar refractivity (Wildman–Crippen MR) is 59.8 cm³/mol. The molecule has 0 aliphatic rings. The van der Waals surface area contributed by atoms with Gasteiger partial charge < -0.3 is 4.74 Å². The molecule has 0 fully saturated rings. The lowest BCUT2D eigenvalue weighted by molar-refractivity contribution is -0.154. The minimum absolute atomic E-state index is 0.154. The second-order valence-electron chi connectivity index (χ2n) is 3.89. The summed E-state index contributed by atoms with van der Waals surface area (Å²) in [6.07, 6.45) is -4.43. The van der Waals surface area contributed by atoms with Crippen LogP contribution in [0.25, 0.3) is 5.69 Å². The molecular formula is C12H10F4N2O. The average Bonchev–Trinajstić information content (AvgIpc) is 2.68. The van der Waals surface area contributed by atoms with Crippen molar-refractivity contribution in [2.75, 3.05) is 6.61 Å². The van der Waals surface area contributed by atoms with Crippen LogP contribution in [0.15, 0.2) is 30.3 Å². The van der Waals surface area contributed by atoms with Gasteiger partial charge in [0.05, 0.1) is 0 Å². The van der Waals surface area contributed by atoms with E-state index in [0.717, 1.165) is 0 Å². The summed E-state index contributed by atoms with van der Waals surface area (Å²) in [5.41, 5.74) is 0.629. The van der Waals surface area contributed by atoms with Gasteiger partial charge in [0.15, 0.2) is 6.61 Å². The fourth-order valence-electron chi connectivity index (χ4n) is 1.54. The minimum atomic E-state index is -4.43. The van der Waals surface area contributed by atoms with Crippen molar-refractivity contribution in [3.05, 3.63) is 41.8 Å². The number of ether oxygens (including phenoxy) is 1. The van der Waals surface area contributed by atoms with Crippen LogP contribution in [-0.2, 0) is 0 Å². The van der Waals surface area contributed by atoms with Gasteiger partial charge in [-0.1, -0.05) is 12.1 Å². The summed E-state index contributed by atoms with van der Waals surface area (Å²) in [5.74, 6) is -0.714. The standard InChI is InChI=1S/C12H10F4N2O/c1-8-6-11(19-7-12(14,15)16)17-18(8)10-5-3-2-4-9(10)13/h2-6H,7H2,1H3. The Morgan fingerprint density at radius 2 is 1.95 bits per heavy atom. The highest BCUT2D eigenvalue weighted by Crippen LogP contribution is 2.21. The molecule has 1 aromatic heterocycles. The maximum absolute atomic E-state index is 13.6. The summed E-state index contributed by atoms with van der Waals surface area (Å²) in [5, 5.41) is 3.80. The van der Waals surface area contributed by atoms with Gasteiger partial charge in [-0.2, -0.15) is 13.2 Å². The molecular weight excluding hydrogens is 264 g/mol. The Morgan fingerprint density at radius 3 is 2.58 bits per heavy atom. The van der Waals surface area contributed by atoms with Crippen LogP contribution >= 0.6 is 0 Å². The van der Waals surface area contributed by atoms with E-state index in [9.17, 15) is 17.6 Å². The van der Waals surface area contributed by atoms with Crippen LogP contribution in [0.1, 0.15) is 5.69 Å². The van der Waals surface area contributed by atoms with Crippen molar-refractivity contribution in [2.45, 2.75) is 13.1 Å². The second-order valence-corrected chi connectivity index (χ2v) is 3.89. The monoisotopic (exact) mass is 274 g/mol. The molecule has 1 heterocycles. The highest BCUT2D eigenvalue weighted by molar-refractivity contribution is 5.35. The van der Waals surface area contributed by atoms with Crippen LogP contribution in [0.3, 0.4) is 0 Å². The topological polar surface area (TPSA) is 27.1 Å². The molecule has 0 spiro atoms. The molecule has 0 aliphatic carbocycles. The molecule has 0 aliphatic heterocycles. The highest BCUT2D eigenvalue weighted by atomic mass is 19.4. The number of halogens is 4. The van der Waals surface area contributed by atoms with Crippen molar-refractivity contribution < 1.29 is 22.3 Å². The number of para-hydroxylation sites is 1. The molecule has 0 N–H and O–H groups in total. The number of alkyl halides is 3. The van der Waals surface area contributed by atoms with Gasteiger partial charge in [0, 0.05) is 11.8 Å². The van der Waals surface area contributed by atoms with Crippen LogP contribution in [0, 0.1) is 12.7 Å². The van der Waals surface area contributed by atoms with E-state index in [2.05, 4.69) is 9.84 Å². The molecule has 0 saturated heterocycles. The van der Waals surface area contributed by atoms with Crippen molar-refractivity contribution in [3.63, 3.8) is 0 Å². The zero-order chi connectivity index (χ0) is 14.0. The Bertz CT molecular complexity index is 577. The van der Waals surface area contributed by atoms with Gasteiger partial charge in [-0.05, 0) is 19.1 Å². The Balaban J connectivity index is 2.25. The number of aryl methyl sites for hydroxylation is 1. The summed E-state index contributed by atoms with van der Waals surface area (Å²) < 4.78 is 55.3. The molecule has 0 radical (unpaired) electrons. The molecule has 2 aromatic rings. The Hall–Kier alpha value is -2.05. The van der Waals surface area contributed by atoms with E-state index in [0.29, 0.717) is 5.69 Å². The van der Waals surface area contributed by atoms with E-state index in [1.54, 1.807) is 13.0 Å². The molecule has 0 atom stereocenters. The van der Waals surface area contributed by atoms with Gasteiger partial charge in [0.25, 0.3) is 0 Å². The van der Waals surface area contributed by atoms with Crippen molar-refractivity contribution >= 4 is 0 Å². The summed E-state index contributed by atoms with van der Waals surface area (Å²) >= 11 is 0. The molecule has 3 nitrogen and oxygen atoms in total. The quantitative estimate of drug-likeness (QED) is 0.803. The molecule has 102 valence electrons. The van der Waals surface area contributed by atoms with Gasteiger partial charge in [-0.3, -0.25) is 0 Å². The van der Waals surface area contributed by atoms with Crippen LogP contribution in [-0.4, -0.2) is 22.6 Å². The first-order valence-corrected chi connectivity index (χ1v) is 5.38. The smallest absolute Gasteiger partial charge is 0.422 e. The molecule has 19 heavy (non-hydrogen) atoms. The Labute approximate surface area is 106 Å². The second kappa shape index (κ2) is 4.91. The van der Waals surface area contributed by atoms with Gasteiger partial charge in [0.1, 0.15) is 11.5 Å². The van der Waals surface area contributed by atoms with E-state index in [1.807, 2.05) is 0 Å². The zero-order valence-electron chi connectivity index (χ0n) is 9.91.